The van der Waals surface area contributed by atoms with Crippen molar-refractivity contribution < 1.29 is 0 Å². The largest absolute Gasteiger partial charge is 0.241 e. The fourth-order valence-corrected chi connectivity index (χ4v) is 1.29. The van der Waals surface area contributed by atoms with Gasteiger partial charge in [-0.1, -0.05) is 17.7 Å². The molecule has 0 amide bonds. The first-order valence-electron chi connectivity index (χ1n) is 3.68. The highest BCUT2D eigenvalue weighted by Crippen LogP contribution is 2.21. The van der Waals surface area contributed by atoms with Gasteiger partial charge in [0.15, 0.2) is 0 Å². The maximum Gasteiger partial charge on any atom is 0.133 e. The van der Waals surface area contributed by atoms with Crippen molar-refractivity contribution in [2.75, 3.05) is 0 Å². The molecule has 0 aliphatic rings. The second-order valence-corrected chi connectivity index (χ2v) is 3.04. The Hall–Kier alpha value is -1.07. The van der Waals surface area contributed by atoms with Gasteiger partial charge in [-0.25, -0.2) is 4.98 Å². The maximum atomic E-state index is 8.65. The van der Waals surface area contributed by atoms with Crippen LogP contribution in [0.1, 0.15) is 24.1 Å². The molecule has 0 aliphatic carbocycles. The van der Waals surface area contributed by atoms with E-state index in [1.807, 2.05) is 19.1 Å². The summed E-state index contributed by atoms with van der Waals surface area (Å²) in [6.07, 6.45) is 0. The quantitative estimate of drug-likeness (QED) is 0.623. The lowest BCUT2D eigenvalue weighted by molar-refractivity contribution is 0.960. The summed E-state index contributed by atoms with van der Waals surface area (Å²) in [4.78, 5) is 4.06. The van der Waals surface area contributed by atoms with Crippen LogP contribution in [-0.4, -0.2) is 4.98 Å². The van der Waals surface area contributed by atoms with E-state index in [4.69, 9.17) is 16.9 Å². The maximum absolute atomic E-state index is 8.65. The van der Waals surface area contributed by atoms with Crippen LogP contribution in [0.4, 0.5) is 0 Å². The first-order chi connectivity index (χ1) is 5.65. The molecule has 0 fully saturated rings. The summed E-state index contributed by atoms with van der Waals surface area (Å²) in [6.45, 7) is 3.67. The first-order valence-corrected chi connectivity index (χ1v) is 4.05. The van der Waals surface area contributed by atoms with Crippen molar-refractivity contribution >= 4 is 11.6 Å². The number of rotatable bonds is 1. The molecule has 1 unspecified atom stereocenters. The molecule has 0 radical (unpaired) electrons. The second-order valence-electron chi connectivity index (χ2n) is 2.68. The lowest BCUT2D eigenvalue weighted by Gasteiger charge is -2.04. The molecule has 1 aromatic rings. The third-order valence-corrected chi connectivity index (χ3v) is 1.98. The Balaban J connectivity index is 3.11. The van der Waals surface area contributed by atoms with Crippen LogP contribution in [0.3, 0.4) is 0 Å². The fraction of sp³-hybridized carbons (Fsp3) is 0.333. The van der Waals surface area contributed by atoms with Crippen molar-refractivity contribution in [3.63, 3.8) is 0 Å². The van der Waals surface area contributed by atoms with E-state index in [2.05, 4.69) is 11.1 Å². The number of nitrogens with zero attached hydrogens (tertiary/aromatic N) is 2. The van der Waals surface area contributed by atoms with Gasteiger partial charge in [-0.15, -0.1) is 0 Å². The Bertz CT molecular complexity index is 328. The van der Waals surface area contributed by atoms with Gasteiger partial charge >= 0.3 is 0 Å². The van der Waals surface area contributed by atoms with Gasteiger partial charge in [0, 0.05) is 11.3 Å². The van der Waals surface area contributed by atoms with Crippen LogP contribution in [0.25, 0.3) is 0 Å². The topological polar surface area (TPSA) is 36.7 Å². The fourth-order valence-electron chi connectivity index (χ4n) is 0.928. The molecule has 0 aliphatic heterocycles. The number of aryl methyl sites for hydroxylation is 1. The summed E-state index contributed by atoms with van der Waals surface area (Å²) in [5, 5.41) is 9.08. The number of nitriles is 1. The zero-order chi connectivity index (χ0) is 9.14. The van der Waals surface area contributed by atoms with Crippen molar-refractivity contribution in [3.8, 4) is 6.07 Å². The van der Waals surface area contributed by atoms with E-state index in [-0.39, 0.29) is 5.92 Å². The third kappa shape index (κ3) is 1.75. The molecule has 1 aromatic heterocycles. The van der Waals surface area contributed by atoms with Gasteiger partial charge in [0.05, 0.1) is 12.0 Å². The van der Waals surface area contributed by atoms with Gasteiger partial charge in [0.1, 0.15) is 5.15 Å². The van der Waals surface area contributed by atoms with Gasteiger partial charge in [0.2, 0.25) is 0 Å². The average molecular weight is 181 g/mol. The van der Waals surface area contributed by atoms with Crippen molar-refractivity contribution in [1.29, 1.82) is 5.26 Å². The molecule has 2 nitrogen and oxygen atoms in total. The average Bonchev–Trinajstić information content (AvgIpc) is 2.03. The van der Waals surface area contributed by atoms with Gasteiger partial charge in [-0.2, -0.15) is 5.26 Å². The van der Waals surface area contributed by atoms with Crippen molar-refractivity contribution in [2.24, 2.45) is 0 Å². The van der Waals surface area contributed by atoms with Crippen LogP contribution in [0.2, 0.25) is 5.15 Å². The molecular formula is C9H9ClN2. The number of halogens is 1. The van der Waals surface area contributed by atoms with Gasteiger partial charge in [-0.05, 0) is 19.9 Å². The predicted molar refractivity (Wildman–Crippen MR) is 48.0 cm³/mol. The molecule has 0 spiro atoms. The molecule has 0 saturated heterocycles. The Morgan fingerprint density at radius 1 is 1.58 bits per heavy atom. The first kappa shape index (κ1) is 9.02. The number of pyridine rings is 1. The molecule has 0 aromatic carbocycles. The molecule has 3 heteroatoms. The summed E-state index contributed by atoms with van der Waals surface area (Å²) >= 11 is 5.84. The molecule has 62 valence electrons. The van der Waals surface area contributed by atoms with Crippen LogP contribution < -0.4 is 0 Å². The van der Waals surface area contributed by atoms with Crippen LogP contribution in [0.5, 0.6) is 0 Å². The van der Waals surface area contributed by atoms with E-state index in [1.165, 1.54) is 0 Å². The zero-order valence-corrected chi connectivity index (χ0v) is 7.76. The third-order valence-electron chi connectivity index (χ3n) is 1.68. The van der Waals surface area contributed by atoms with Crippen LogP contribution in [-0.2, 0) is 0 Å². The Kier molecular flexibility index (Phi) is 2.67. The minimum absolute atomic E-state index is 0.189. The predicted octanol–water partition coefficient (Wildman–Crippen LogP) is 2.67. The van der Waals surface area contributed by atoms with E-state index in [9.17, 15) is 0 Å². The lowest BCUT2D eigenvalue weighted by atomic mass is 10.1. The van der Waals surface area contributed by atoms with Gasteiger partial charge in [0.25, 0.3) is 0 Å². The van der Waals surface area contributed by atoms with Crippen LogP contribution in [0, 0.1) is 18.3 Å². The minimum Gasteiger partial charge on any atom is -0.241 e. The Labute approximate surface area is 76.8 Å². The van der Waals surface area contributed by atoms with Gasteiger partial charge in [-0.3, -0.25) is 0 Å². The van der Waals surface area contributed by atoms with Gasteiger partial charge < -0.3 is 0 Å². The standard InChI is InChI=1S/C9H9ClN2/c1-6(5-11)8-4-3-7(2)12-9(8)10/h3-4,6H,1-2H3. The normalized spacial score (nSPS) is 12.2. The minimum atomic E-state index is -0.189. The van der Waals surface area contributed by atoms with Crippen LogP contribution >= 0.6 is 11.6 Å². The molecule has 0 N–H and O–H groups in total. The van der Waals surface area contributed by atoms with Crippen molar-refractivity contribution in [3.05, 3.63) is 28.5 Å². The molecule has 12 heavy (non-hydrogen) atoms. The van der Waals surface area contributed by atoms with Crippen molar-refractivity contribution in [2.45, 2.75) is 19.8 Å². The summed E-state index contributed by atoms with van der Waals surface area (Å²) in [7, 11) is 0. The highest BCUT2D eigenvalue weighted by atomic mass is 35.5. The highest BCUT2D eigenvalue weighted by molar-refractivity contribution is 6.30. The van der Waals surface area contributed by atoms with Crippen molar-refractivity contribution in [1.82, 2.24) is 4.98 Å². The van der Waals surface area contributed by atoms with E-state index in [1.54, 1.807) is 6.92 Å². The lowest BCUT2D eigenvalue weighted by Crippen LogP contribution is -1.94. The molecular weight excluding hydrogens is 172 g/mol. The SMILES string of the molecule is Cc1ccc(C(C)C#N)c(Cl)n1. The zero-order valence-electron chi connectivity index (χ0n) is 7.00. The second kappa shape index (κ2) is 3.55. The van der Waals surface area contributed by atoms with Crippen LogP contribution in [0.15, 0.2) is 12.1 Å². The molecule has 1 rings (SSSR count). The molecule has 0 saturated carbocycles. The van der Waals surface area contributed by atoms with E-state index >= 15 is 0 Å². The highest BCUT2D eigenvalue weighted by Gasteiger charge is 2.08. The molecule has 1 heterocycles. The summed E-state index contributed by atoms with van der Waals surface area (Å²) in [6, 6.07) is 5.82. The van der Waals surface area contributed by atoms with E-state index in [0.29, 0.717) is 5.15 Å². The van der Waals surface area contributed by atoms with E-state index in [0.717, 1.165) is 11.3 Å². The smallest absolute Gasteiger partial charge is 0.133 e. The Morgan fingerprint density at radius 3 is 2.75 bits per heavy atom. The summed E-state index contributed by atoms with van der Waals surface area (Å²) in [5.41, 5.74) is 1.67. The number of aromatic nitrogens is 1. The number of hydrogen-bond donors (Lipinski definition) is 0. The molecule has 0 bridgehead atoms. The van der Waals surface area contributed by atoms with E-state index < -0.39 is 0 Å². The molecule has 1 atom stereocenters. The summed E-state index contributed by atoms with van der Waals surface area (Å²) < 4.78 is 0. The monoisotopic (exact) mass is 180 g/mol. The number of hydrogen-bond acceptors (Lipinski definition) is 2. The Morgan fingerprint density at radius 2 is 2.25 bits per heavy atom. The summed E-state index contributed by atoms with van der Waals surface area (Å²) in [5.74, 6) is -0.189.